The van der Waals surface area contributed by atoms with E-state index in [-0.39, 0.29) is 33.3 Å². The van der Waals surface area contributed by atoms with E-state index < -0.39 is 9.84 Å². The Kier molecular flexibility index (Phi) is 7.29. The fourth-order valence-corrected chi connectivity index (χ4v) is 3.88. The summed E-state index contributed by atoms with van der Waals surface area (Å²) in [5.41, 5.74) is 2.43. The van der Waals surface area contributed by atoms with E-state index in [0.717, 1.165) is 18.2 Å². The van der Waals surface area contributed by atoms with Crippen molar-refractivity contribution in [3.8, 4) is 0 Å². The average Bonchev–Trinajstić information content (AvgIpc) is 2.64. The molecule has 0 heterocycles. The highest BCUT2D eigenvalue weighted by atomic mass is 35.5. The molecule has 0 aromatic heterocycles. The minimum atomic E-state index is -3.43. The third-order valence-electron chi connectivity index (χ3n) is 5.04. The highest BCUT2D eigenvalue weighted by molar-refractivity contribution is 7.90. The number of nitrogens with one attached hydrogen (secondary N) is 1. The van der Waals surface area contributed by atoms with Gasteiger partial charge < -0.3 is 5.32 Å². The Bertz CT molecular complexity index is 937. The second-order valence-electron chi connectivity index (χ2n) is 7.58. The zero-order valence-corrected chi connectivity index (χ0v) is 18.6. The van der Waals surface area contributed by atoms with Crippen molar-refractivity contribution in [2.75, 3.05) is 6.26 Å². The standard InChI is InChI=1S/C22H28ClNO3S/c1-6-15(4)16-7-9-17(10-8-16)21(14(2)3)24-22(25)19-13-18(28(5,26)27)11-12-20(19)23/h7-15,21H,6H2,1-5H3,(H,24,25). The molecular formula is C22H28ClNO3S. The molecule has 0 spiro atoms. The maximum absolute atomic E-state index is 12.9. The van der Waals surface area contributed by atoms with Crippen LogP contribution in [0.25, 0.3) is 0 Å². The number of benzene rings is 2. The highest BCUT2D eigenvalue weighted by Crippen LogP contribution is 2.27. The molecule has 2 rings (SSSR count). The van der Waals surface area contributed by atoms with Gasteiger partial charge in [-0.3, -0.25) is 4.79 Å². The summed E-state index contributed by atoms with van der Waals surface area (Å²) < 4.78 is 23.6. The maximum Gasteiger partial charge on any atom is 0.253 e. The first-order valence-corrected chi connectivity index (χ1v) is 11.7. The first-order valence-electron chi connectivity index (χ1n) is 9.44. The molecule has 28 heavy (non-hydrogen) atoms. The van der Waals surface area contributed by atoms with Gasteiger partial charge in [0.25, 0.3) is 5.91 Å². The van der Waals surface area contributed by atoms with Gasteiger partial charge in [-0.25, -0.2) is 8.42 Å². The zero-order valence-electron chi connectivity index (χ0n) is 17.0. The van der Waals surface area contributed by atoms with Gasteiger partial charge in [-0.05, 0) is 47.6 Å². The number of amides is 1. The number of halogens is 1. The lowest BCUT2D eigenvalue weighted by Gasteiger charge is -2.24. The predicted molar refractivity (Wildman–Crippen MR) is 115 cm³/mol. The summed E-state index contributed by atoms with van der Waals surface area (Å²) in [5.74, 6) is 0.245. The van der Waals surface area contributed by atoms with Crippen molar-refractivity contribution in [1.82, 2.24) is 5.32 Å². The van der Waals surface area contributed by atoms with E-state index in [1.54, 1.807) is 0 Å². The Hall–Kier alpha value is -1.85. The van der Waals surface area contributed by atoms with E-state index in [1.165, 1.54) is 23.8 Å². The molecule has 0 saturated carbocycles. The zero-order chi connectivity index (χ0) is 21.1. The third-order valence-corrected chi connectivity index (χ3v) is 6.48. The van der Waals surface area contributed by atoms with E-state index >= 15 is 0 Å². The molecule has 6 heteroatoms. The van der Waals surface area contributed by atoms with Crippen molar-refractivity contribution < 1.29 is 13.2 Å². The smallest absolute Gasteiger partial charge is 0.253 e. The van der Waals surface area contributed by atoms with Gasteiger partial charge in [0, 0.05) is 6.26 Å². The Morgan fingerprint density at radius 3 is 2.11 bits per heavy atom. The van der Waals surface area contributed by atoms with E-state index in [2.05, 4.69) is 31.3 Å². The van der Waals surface area contributed by atoms with Gasteiger partial charge in [-0.15, -0.1) is 0 Å². The average molecular weight is 422 g/mol. The molecular weight excluding hydrogens is 394 g/mol. The van der Waals surface area contributed by atoms with Crippen LogP contribution in [0.2, 0.25) is 5.02 Å². The molecule has 0 aliphatic rings. The largest absolute Gasteiger partial charge is 0.345 e. The topological polar surface area (TPSA) is 63.2 Å². The van der Waals surface area contributed by atoms with Gasteiger partial charge in [0.2, 0.25) is 0 Å². The monoisotopic (exact) mass is 421 g/mol. The molecule has 2 aromatic carbocycles. The lowest BCUT2D eigenvalue weighted by molar-refractivity contribution is 0.0925. The van der Waals surface area contributed by atoms with Gasteiger partial charge >= 0.3 is 0 Å². The number of carbonyl (C=O) groups excluding carboxylic acids is 1. The molecule has 1 N–H and O–H groups in total. The number of carbonyl (C=O) groups is 1. The molecule has 0 saturated heterocycles. The fourth-order valence-electron chi connectivity index (χ4n) is 3.03. The molecule has 2 atom stereocenters. The third kappa shape index (κ3) is 5.36. The van der Waals surface area contributed by atoms with Gasteiger partial charge in [0.05, 0.1) is 21.5 Å². The van der Waals surface area contributed by atoms with Crippen LogP contribution in [0.15, 0.2) is 47.4 Å². The summed E-state index contributed by atoms with van der Waals surface area (Å²) in [5, 5.41) is 3.23. The normalized spacial score (nSPS) is 14.0. The molecule has 0 fully saturated rings. The maximum atomic E-state index is 12.9. The number of sulfone groups is 1. The lowest BCUT2D eigenvalue weighted by Crippen LogP contribution is -2.32. The lowest BCUT2D eigenvalue weighted by atomic mass is 9.92. The van der Waals surface area contributed by atoms with Crippen LogP contribution in [0.5, 0.6) is 0 Å². The Morgan fingerprint density at radius 2 is 1.61 bits per heavy atom. The van der Waals surface area contributed by atoms with Crippen molar-refractivity contribution in [2.45, 2.75) is 51.0 Å². The summed E-state index contributed by atoms with van der Waals surface area (Å²) in [7, 11) is -3.43. The van der Waals surface area contributed by atoms with Crippen molar-refractivity contribution in [3.63, 3.8) is 0 Å². The van der Waals surface area contributed by atoms with Crippen molar-refractivity contribution in [1.29, 1.82) is 0 Å². The minimum Gasteiger partial charge on any atom is -0.345 e. The molecule has 0 bridgehead atoms. The summed E-state index contributed by atoms with van der Waals surface area (Å²) in [4.78, 5) is 12.9. The molecule has 0 aliphatic heterocycles. The summed E-state index contributed by atoms with van der Waals surface area (Å²) in [6.45, 7) is 8.40. The minimum absolute atomic E-state index is 0.0704. The van der Waals surface area contributed by atoms with Gasteiger partial charge in [0.15, 0.2) is 9.84 Å². The molecule has 152 valence electrons. The van der Waals surface area contributed by atoms with Gasteiger partial charge in [-0.1, -0.05) is 63.6 Å². The van der Waals surface area contributed by atoms with Crippen LogP contribution in [-0.4, -0.2) is 20.6 Å². The van der Waals surface area contributed by atoms with Gasteiger partial charge in [-0.2, -0.15) is 0 Å². The molecule has 0 aliphatic carbocycles. The highest BCUT2D eigenvalue weighted by Gasteiger charge is 2.22. The van der Waals surface area contributed by atoms with Crippen LogP contribution in [0.3, 0.4) is 0 Å². The van der Waals surface area contributed by atoms with Crippen LogP contribution in [0, 0.1) is 5.92 Å². The number of hydrogen-bond acceptors (Lipinski definition) is 3. The number of rotatable bonds is 7. The molecule has 2 aromatic rings. The van der Waals surface area contributed by atoms with Crippen LogP contribution in [0.4, 0.5) is 0 Å². The van der Waals surface area contributed by atoms with Crippen molar-refractivity contribution >= 4 is 27.3 Å². The Labute approximate surface area is 173 Å². The number of hydrogen-bond donors (Lipinski definition) is 1. The second-order valence-corrected chi connectivity index (χ2v) is 10.0. The van der Waals surface area contributed by atoms with Crippen LogP contribution in [-0.2, 0) is 9.84 Å². The second kappa shape index (κ2) is 9.10. The first kappa shape index (κ1) is 22.4. The predicted octanol–water partition coefficient (Wildman–Crippen LogP) is 5.38. The molecule has 1 amide bonds. The van der Waals surface area contributed by atoms with Crippen LogP contribution in [0.1, 0.15) is 67.6 Å². The van der Waals surface area contributed by atoms with Gasteiger partial charge in [0.1, 0.15) is 0 Å². The Morgan fingerprint density at radius 1 is 1.04 bits per heavy atom. The summed E-state index contributed by atoms with van der Waals surface area (Å²) >= 11 is 6.17. The quantitative estimate of drug-likeness (QED) is 0.652. The Balaban J connectivity index is 2.31. The summed E-state index contributed by atoms with van der Waals surface area (Å²) in [6, 6.07) is 12.2. The first-order chi connectivity index (χ1) is 13.0. The van der Waals surface area contributed by atoms with Crippen molar-refractivity contribution in [2.24, 2.45) is 5.92 Å². The van der Waals surface area contributed by atoms with E-state index in [0.29, 0.717) is 5.92 Å². The van der Waals surface area contributed by atoms with E-state index in [4.69, 9.17) is 11.6 Å². The summed E-state index contributed by atoms with van der Waals surface area (Å²) in [6.07, 6.45) is 2.17. The van der Waals surface area contributed by atoms with E-state index in [9.17, 15) is 13.2 Å². The molecule has 4 nitrogen and oxygen atoms in total. The molecule has 0 radical (unpaired) electrons. The fraction of sp³-hybridized carbons (Fsp3) is 0.409. The van der Waals surface area contributed by atoms with Crippen LogP contribution < -0.4 is 5.32 Å². The molecule has 2 unspecified atom stereocenters. The van der Waals surface area contributed by atoms with E-state index in [1.807, 2.05) is 26.0 Å². The SMILES string of the molecule is CCC(C)c1ccc(C(NC(=O)c2cc(S(C)(=O)=O)ccc2Cl)C(C)C)cc1. The van der Waals surface area contributed by atoms with Crippen LogP contribution >= 0.6 is 11.6 Å². The van der Waals surface area contributed by atoms with Crippen molar-refractivity contribution in [3.05, 3.63) is 64.2 Å².